The van der Waals surface area contributed by atoms with E-state index in [0.29, 0.717) is 7.92 Å². The minimum atomic E-state index is 0.386. The Balaban J connectivity index is 1.83. The van der Waals surface area contributed by atoms with Crippen LogP contribution in [0.2, 0.25) is 0 Å². The van der Waals surface area contributed by atoms with Crippen LogP contribution in [-0.2, 0) is 0 Å². The Morgan fingerprint density at radius 1 is 0.684 bits per heavy atom. The first kappa shape index (κ1) is 15.8. The highest BCUT2D eigenvalue weighted by Gasteiger charge is 2.30. The summed E-state index contributed by atoms with van der Waals surface area (Å²) in [5, 5.41) is 0. The Hall–Kier alpha value is 0.430. The second kappa shape index (κ2) is 9.38. The number of rotatable bonds is 7. The van der Waals surface area contributed by atoms with E-state index < -0.39 is 0 Å². The largest absolute Gasteiger partial charge is 0.100 e. The lowest BCUT2D eigenvalue weighted by atomic mass is 9.99. The average Bonchev–Trinajstić information content (AvgIpc) is 2.49. The molecule has 0 amide bonds. The van der Waals surface area contributed by atoms with E-state index in [9.17, 15) is 0 Å². The monoisotopic (exact) mass is 282 g/mol. The van der Waals surface area contributed by atoms with Crippen molar-refractivity contribution < 1.29 is 0 Å². The van der Waals surface area contributed by atoms with Crippen LogP contribution in [-0.4, -0.2) is 17.5 Å². The molecule has 2 rings (SSSR count). The summed E-state index contributed by atoms with van der Waals surface area (Å²) in [5.41, 5.74) is 2.35. The maximum atomic E-state index is 2.34. The van der Waals surface area contributed by atoms with Crippen LogP contribution in [0.25, 0.3) is 0 Å². The zero-order chi connectivity index (χ0) is 13.3. The molecule has 2 fully saturated rings. The van der Waals surface area contributed by atoms with Crippen LogP contribution in [0.15, 0.2) is 0 Å². The predicted molar refractivity (Wildman–Crippen MR) is 89.7 cm³/mol. The van der Waals surface area contributed by atoms with E-state index in [1.54, 1.807) is 63.9 Å². The molecule has 1 heteroatoms. The van der Waals surface area contributed by atoms with Crippen LogP contribution in [0.5, 0.6) is 0 Å². The molecule has 0 heterocycles. The molecule has 0 aliphatic heterocycles. The topological polar surface area (TPSA) is 0 Å². The lowest BCUT2D eigenvalue weighted by Crippen LogP contribution is -2.22. The van der Waals surface area contributed by atoms with Gasteiger partial charge in [0.25, 0.3) is 0 Å². The summed E-state index contributed by atoms with van der Waals surface area (Å²) in [6.07, 6.45) is 23.2. The van der Waals surface area contributed by atoms with Crippen molar-refractivity contribution >= 4 is 7.92 Å². The van der Waals surface area contributed by atoms with Crippen LogP contribution in [0.4, 0.5) is 0 Å². The number of unbranched alkanes of at least 4 members (excludes halogenated alkanes) is 3. The number of hydrogen-bond acceptors (Lipinski definition) is 0. The van der Waals surface area contributed by atoms with Crippen molar-refractivity contribution in [3.63, 3.8) is 0 Å². The molecule has 2 aliphatic carbocycles. The summed E-state index contributed by atoms with van der Waals surface area (Å²) >= 11 is 0. The van der Waals surface area contributed by atoms with E-state index in [0.717, 1.165) is 0 Å². The zero-order valence-electron chi connectivity index (χ0n) is 13.2. The molecule has 2 saturated carbocycles. The molecule has 0 nitrogen and oxygen atoms in total. The van der Waals surface area contributed by atoms with Gasteiger partial charge in [-0.3, -0.25) is 0 Å². The van der Waals surface area contributed by atoms with Gasteiger partial charge in [-0.05, 0) is 49.6 Å². The molecule has 19 heavy (non-hydrogen) atoms. The molecule has 0 aromatic heterocycles. The summed E-state index contributed by atoms with van der Waals surface area (Å²) in [4.78, 5) is 0. The average molecular weight is 282 g/mol. The number of hydrogen-bond donors (Lipinski definition) is 0. The van der Waals surface area contributed by atoms with E-state index in [1.807, 2.05) is 0 Å². The van der Waals surface area contributed by atoms with Gasteiger partial charge in [-0.2, -0.15) is 0 Å². The molecular formula is C18H35P. The summed E-state index contributed by atoms with van der Waals surface area (Å²) in [5.74, 6) is 0. The normalized spacial score (nSPS) is 23.1. The predicted octanol–water partition coefficient (Wildman–Crippen LogP) is 6.71. The highest BCUT2D eigenvalue weighted by atomic mass is 31.1. The van der Waals surface area contributed by atoms with Gasteiger partial charge in [0, 0.05) is 0 Å². The molecule has 0 unspecified atom stereocenters. The third kappa shape index (κ3) is 5.37. The summed E-state index contributed by atoms with van der Waals surface area (Å²) < 4.78 is 0. The van der Waals surface area contributed by atoms with E-state index in [4.69, 9.17) is 0 Å². The lowest BCUT2D eigenvalue weighted by molar-refractivity contribution is 0.483. The van der Waals surface area contributed by atoms with Gasteiger partial charge in [-0.1, -0.05) is 64.7 Å². The molecule has 0 N–H and O–H groups in total. The molecule has 0 aromatic rings. The van der Waals surface area contributed by atoms with E-state index in [1.165, 1.54) is 43.4 Å². The van der Waals surface area contributed by atoms with Gasteiger partial charge in [-0.25, -0.2) is 0 Å². The van der Waals surface area contributed by atoms with Gasteiger partial charge in [-0.15, -0.1) is 7.92 Å². The fourth-order valence-electron chi connectivity index (χ4n) is 4.21. The Morgan fingerprint density at radius 2 is 1.21 bits per heavy atom. The Bertz CT molecular complexity index is 196. The first-order valence-electron chi connectivity index (χ1n) is 9.17. The Morgan fingerprint density at radius 3 is 1.68 bits per heavy atom. The summed E-state index contributed by atoms with van der Waals surface area (Å²) in [6, 6.07) is 0. The Labute approximate surface area is 122 Å². The van der Waals surface area contributed by atoms with Crippen molar-refractivity contribution in [2.24, 2.45) is 0 Å². The SMILES string of the molecule is CCCCCCP(C1CCCCC1)C1CCCCC1. The highest BCUT2D eigenvalue weighted by Crippen LogP contribution is 2.56. The molecule has 0 radical (unpaired) electrons. The second-order valence-electron chi connectivity index (χ2n) is 6.88. The first-order valence-corrected chi connectivity index (χ1v) is 10.8. The second-order valence-corrected chi connectivity index (χ2v) is 9.82. The third-order valence-corrected chi connectivity index (χ3v) is 9.10. The molecule has 0 aromatic carbocycles. The van der Waals surface area contributed by atoms with Gasteiger partial charge in [0.15, 0.2) is 0 Å². The molecule has 0 spiro atoms. The van der Waals surface area contributed by atoms with E-state index >= 15 is 0 Å². The van der Waals surface area contributed by atoms with Gasteiger partial charge in [0.05, 0.1) is 0 Å². The molecule has 0 bridgehead atoms. The summed E-state index contributed by atoms with van der Waals surface area (Å²) in [7, 11) is 0.386. The molecule has 2 aliphatic rings. The molecular weight excluding hydrogens is 247 g/mol. The van der Waals surface area contributed by atoms with Crippen molar-refractivity contribution in [3.05, 3.63) is 0 Å². The molecule has 112 valence electrons. The van der Waals surface area contributed by atoms with Crippen molar-refractivity contribution in [3.8, 4) is 0 Å². The minimum absolute atomic E-state index is 0.386. The minimum Gasteiger partial charge on any atom is -0.100 e. The van der Waals surface area contributed by atoms with E-state index in [-0.39, 0.29) is 0 Å². The third-order valence-electron chi connectivity index (χ3n) is 5.36. The van der Waals surface area contributed by atoms with Crippen molar-refractivity contribution in [2.75, 3.05) is 6.16 Å². The van der Waals surface area contributed by atoms with Crippen LogP contribution < -0.4 is 0 Å². The van der Waals surface area contributed by atoms with Crippen LogP contribution >= 0.6 is 7.92 Å². The lowest BCUT2D eigenvalue weighted by Gasteiger charge is -2.38. The van der Waals surface area contributed by atoms with Crippen molar-refractivity contribution in [2.45, 2.75) is 108 Å². The highest BCUT2D eigenvalue weighted by molar-refractivity contribution is 7.59. The van der Waals surface area contributed by atoms with Gasteiger partial charge in [0.1, 0.15) is 0 Å². The van der Waals surface area contributed by atoms with Crippen LogP contribution in [0, 0.1) is 0 Å². The zero-order valence-corrected chi connectivity index (χ0v) is 14.1. The standard InChI is InChI=1S/C18H35P/c1-2-3-4-11-16-19(17-12-7-5-8-13-17)18-14-9-6-10-15-18/h17-18H,2-16H2,1H3. The fourth-order valence-corrected chi connectivity index (χ4v) is 8.18. The first-order chi connectivity index (χ1) is 9.42. The summed E-state index contributed by atoms with van der Waals surface area (Å²) in [6.45, 7) is 2.34. The maximum absolute atomic E-state index is 2.34. The smallest absolute Gasteiger partial charge is 0.0207 e. The fraction of sp³-hybridized carbons (Fsp3) is 1.00. The van der Waals surface area contributed by atoms with Gasteiger partial charge < -0.3 is 0 Å². The van der Waals surface area contributed by atoms with E-state index in [2.05, 4.69) is 6.92 Å². The van der Waals surface area contributed by atoms with Crippen LogP contribution in [0.3, 0.4) is 0 Å². The van der Waals surface area contributed by atoms with Crippen LogP contribution in [0.1, 0.15) is 96.8 Å². The molecule has 0 atom stereocenters. The van der Waals surface area contributed by atoms with Crippen molar-refractivity contribution in [1.29, 1.82) is 0 Å². The van der Waals surface area contributed by atoms with Gasteiger partial charge >= 0.3 is 0 Å². The Kier molecular flexibility index (Phi) is 7.81. The quantitative estimate of drug-likeness (QED) is 0.359. The van der Waals surface area contributed by atoms with Crippen molar-refractivity contribution in [1.82, 2.24) is 0 Å². The maximum Gasteiger partial charge on any atom is -0.0207 e. The molecule has 0 saturated heterocycles. The van der Waals surface area contributed by atoms with Gasteiger partial charge in [0.2, 0.25) is 0 Å².